The molecule has 0 aromatic heterocycles. The number of hydrogen-bond donors (Lipinski definition) is 2. The molecule has 0 spiro atoms. The minimum atomic E-state index is 0.0849. The highest BCUT2D eigenvalue weighted by molar-refractivity contribution is 8.14. The number of aliphatic imine (C=N–C) groups is 1. The van der Waals surface area contributed by atoms with Crippen molar-refractivity contribution in [1.82, 2.24) is 10.9 Å². The van der Waals surface area contributed by atoms with Gasteiger partial charge in [0.2, 0.25) is 6.19 Å². The standard InChI is InChI=1S/C13H10N4S/c14-8-15-13-17-16-12(18-13)11-6-5-9-3-1-2-4-10(9)7-11/h1-7,12,16H,(H,15,17). The molecular weight excluding hydrogens is 244 g/mol. The van der Waals surface area contributed by atoms with E-state index in [9.17, 15) is 0 Å². The highest BCUT2D eigenvalue weighted by atomic mass is 32.2. The van der Waals surface area contributed by atoms with Gasteiger partial charge in [-0.3, -0.25) is 5.43 Å². The predicted molar refractivity (Wildman–Crippen MR) is 73.6 cm³/mol. The fourth-order valence-electron chi connectivity index (χ4n) is 1.92. The van der Waals surface area contributed by atoms with Gasteiger partial charge in [0.1, 0.15) is 5.37 Å². The molecule has 0 aliphatic carbocycles. The molecule has 1 saturated heterocycles. The van der Waals surface area contributed by atoms with Crippen LogP contribution in [0.3, 0.4) is 0 Å². The van der Waals surface area contributed by atoms with E-state index in [1.165, 1.54) is 22.5 Å². The minimum Gasteiger partial charge on any atom is -0.298 e. The maximum atomic E-state index is 8.51. The third-order valence-corrected chi connectivity index (χ3v) is 3.81. The van der Waals surface area contributed by atoms with Crippen molar-refractivity contribution in [2.75, 3.05) is 0 Å². The van der Waals surface area contributed by atoms with Crippen LogP contribution in [0.25, 0.3) is 10.8 Å². The lowest BCUT2D eigenvalue weighted by molar-refractivity contribution is 0.666. The first-order valence-corrected chi connectivity index (χ1v) is 6.38. The molecule has 0 saturated carbocycles. The van der Waals surface area contributed by atoms with Crippen molar-refractivity contribution >= 4 is 27.7 Å². The average molecular weight is 254 g/mol. The van der Waals surface area contributed by atoms with E-state index in [1.807, 2.05) is 12.1 Å². The molecular formula is C13H10N4S. The summed E-state index contributed by atoms with van der Waals surface area (Å²) in [6.45, 7) is 0. The van der Waals surface area contributed by atoms with Gasteiger partial charge in [-0.1, -0.05) is 48.2 Å². The molecule has 5 heteroatoms. The van der Waals surface area contributed by atoms with Gasteiger partial charge in [-0.25, -0.2) is 5.43 Å². The predicted octanol–water partition coefficient (Wildman–Crippen LogP) is 2.52. The molecule has 88 valence electrons. The van der Waals surface area contributed by atoms with Crippen molar-refractivity contribution in [2.24, 2.45) is 4.99 Å². The molecule has 1 atom stereocenters. The Hall–Kier alpha value is -2.03. The van der Waals surface area contributed by atoms with Gasteiger partial charge >= 0.3 is 0 Å². The van der Waals surface area contributed by atoms with Gasteiger partial charge < -0.3 is 0 Å². The summed E-state index contributed by atoms with van der Waals surface area (Å²) in [7, 11) is 0. The molecule has 2 aromatic carbocycles. The van der Waals surface area contributed by atoms with E-state index in [2.05, 4.69) is 46.2 Å². The largest absolute Gasteiger partial charge is 0.298 e. The molecule has 3 rings (SSSR count). The molecule has 1 aliphatic rings. The Bertz CT molecular complexity index is 659. The van der Waals surface area contributed by atoms with Crippen LogP contribution in [-0.2, 0) is 0 Å². The van der Waals surface area contributed by atoms with Crippen molar-refractivity contribution in [3.05, 3.63) is 48.0 Å². The van der Waals surface area contributed by atoms with Crippen LogP contribution in [0.2, 0.25) is 0 Å². The summed E-state index contributed by atoms with van der Waals surface area (Å²) >= 11 is 1.50. The van der Waals surface area contributed by atoms with Crippen LogP contribution in [0.5, 0.6) is 0 Å². The zero-order valence-electron chi connectivity index (χ0n) is 9.42. The van der Waals surface area contributed by atoms with Crippen molar-refractivity contribution in [1.29, 1.82) is 5.26 Å². The van der Waals surface area contributed by atoms with Crippen molar-refractivity contribution in [3.63, 3.8) is 0 Å². The van der Waals surface area contributed by atoms with E-state index in [0.29, 0.717) is 5.17 Å². The molecule has 1 heterocycles. The maximum Gasteiger partial charge on any atom is 0.208 e. The number of benzene rings is 2. The summed E-state index contributed by atoms with van der Waals surface area (Å²) in [5.74, 6) is 0. The van der Waals surface area contributed by atoms with Gasteiger partial charge in [0.15, 0.2) is 5.17 Å². The molecule has 18 heavy (non-hydrogen) atoms. The number of hydrogen-bond acceptors (Lipinski definition) is 4. The summed E-state index contributed by atoms with van der Waals surface area (Å²) in [5.41, 5.74) is 7.16. The molecule has 1 fully saturated rings. The van der Waals surface area contributed by atoms with Gasteiger partial charge in [-0.2, -0.15) is 5.26 Å². The van der Waals surface area contributed by atoms with Gasteiger partial charge in [0.05, 0.1) is 0 Å². The van der Waals surface area contributed by atoms with E-state index < -0.39 is 0 Å². The molecule has 1 unspecified atom stereocenters. The first kappa shape index (κ1) is 11.1. The summed E-state index contributed by atoms with van der Waals surface area (Å²) < 4.78 is 0. The Labute approximate surface area is 109 Å². The second kappa shape index (κ2) is 4.69. The number of fused-ring (bicyclic) bond motifs is 1. The Balaban J connectivity index is 1.92. The fourth-order valence-corrected chi connectivity index (χ4v) is 2.75. The van der Waals surface area contributed by atoms with Gasteiger partial charge in [-0.05, 0) is 22.4 Å². The van der Waals surface area contributed by atoms with Crippen LogP contribution in [0.1, 0.15) is 10.9 Å². The molecule has 0 amide bonds. The number of thioether (sulfide) groups is 1. The number of nitriles is 1. The number of nitrogens with one attached hydrogen (secondary N) is 2. The second-order valence-corrected chi connectivity index (χ2v) is 4.98. The molecule has 1 aliphatic heterocycles. The Morgan fingerprint density at radius 3 is 2.83 bits per heavy atom. The molecule has 2 aromatic rings. The maximum absolute atomic E-state index is 8.51. The van der Waals surface area contributed by atoms with Gasteiger partial charge in [0, 0.05) is 0 Å². The minimum absolute atomic E-state index is 0.0849. The number of nitrogens with zero attached hydrogens (tertiary/aromatic N) is 2. The lowest BCUT2D eigenvalue weighted by Gasteiger charge is -2.09. The molecule has 0 radical (unpaired) electrons. The SMILES string of the molecule is N#CN=C1NNC(c2ccc3ccccc3c2)S1. The zero-order valence-corrected chi connectivity index (χ0v) is 10.2. The van der Waals surface area contributed by atoms with E-state index in [4.69, 9.17) is 5.26 Å². The normalized spacial score (nSPS) is 20.8. The van der Waals surface area contributed by atoms with Gasteiger partial charge in [0.25, 0.3) is 0 Å². The van der Waals surface area contributed by atoms with Crippen molar-refractivity contribution in [3.8, 4) is 6.19 Å². The Morgan fingerprint density at radius 2 is 2.00 bits per heavy atom. The first-order chi connectivity index (χ1) is 8.86. The quantitative estimate of drug-likeness (QED) is 0.768. The van der Waals surface area contributed by atoms with Crippen LogP contribution in [0, 0.1) is 11.5 Å². The summed E-state index contributed by atoms with van der Waals surface area (Å²) in [4.78, 5) is 3.67. The average Bonchev–Trinajstić information content (AvgIpc) is 2.87. The third kappa shape index (κ3) is 2.04. The van der Waals surface area contributed by atoms with E-state index >= 15 is 0 Å². The topological polar surface area (TPSA) is 60.2 Å². The number of amidine groups is 1. The Kier molecular flexibility index (Phi) is 2.89. The van der Waals surface area contributed by atoms with E-state index in [0.717, 1.165) is 5.56 Å². The molecule has 2 N–H and O–H groups in total. The second-order valence-electron chi connectivity index (χ2n) is 3.89. The van der Waals surface area contributed by atoms with E-state index in [1.54, 1.807) is 6.19 Å². The molecule has 4 nitrogen and oxygen atoms in total. The lowest BCUT2D eigenvalue weighted by atomic mass is 10.1. The lowest BCUT2D eigenvalue weighted by Crippen LogP contribution is -2.27. The molecule has 0 bridgehead atoms. The monoisotopic (exact) mass is 254 g/mol. The Morgan fingerprint density at radius 1 is 1.17 bits per heavy atom. The third-order valence-electron chi connectivity index (χ3n) is 2.77. The number of hydrazine groups is 1. The van der Waals surface area contributed by atoms with Crippen LogP contribution in [0.4, 0.5) is 0 Å². The summed E-state index contributed by atoms with van der Waals surface area (Å²) in [5, 5.41) is 11.6. The first-order valence-electron chi connectivity index (χ1n) is 5.50. The summed E-state index contributed by atoms with van der Waals surface area (Å²) in [6, 6.07) is 14.6. The van der Waals surface area contributed by atoms with Gasteiger partial charge in [-0.15, -0.1) is 4.99 Å². The highest BCUT2D eigenvalue weighted by Crippen LogP contribution is 2.31. The van der Waals surface area contributed by atoms with Crippen LogP contribution in [-0.4, -0.2) is 5.17 Å². The number of rotatable bonds is 1. The van der Waals surface area contributed by atoms with Crippen molar-refractivity contribution in [2.45, 2.75) is 5.37 Å². The summed E-state index contributed by atoms with van der Waals surface area (Å²) in [6.07, 6.45) is 1.78. The highest BCUT2D eigenvalue weighted by Gasteiger charge is 2.22. The smallest absolute Gasteiger partial charge is 0.208 e. The fraction of sp³-hybridized carbons (Fsp3) is 0.0769. The van der Waals surface area contributed by atoms with Crippen LogP contribution in [0.15, 0.2) is 47.5 Å². The van der Waals surface area contributed by atoms with Crippen LogP contribution < -0.4 is 10.9 Å². The van der Waals surface area contributed by atoms with E-state index in [-0.39, 0.29) is 5.37 Å². The van der Waals surface area contributed by atoms with Crippen molar-refractivity contribution < 1.29 is 0 Å². The zero-order chi connectivity index (χ0) is 12.4. The van der Waals surface area contributed by atoms with Crippen LogP contribution >= 0.6 is 11.8 Å².